The first-order chi connectivity index (χ1) is 8.90. The molecule has 0 aliphatic heterocycles. The lowest BCUT2D eigenvalue weighted by molar-refractivity contribution is -0.142. The number of methoxy groups -OCH3 is 2. The number of anilines is 1. The summed E-state index contributed by atoms with van der Waals surface area (Å²) >= 11 is 0. The van der Waals surface area contributed by atoms with Gasteiger partial charge < -0.3 is 14.8 Å². The van der Waals surface area contributed by atoms with Crippen LogP contribution in [-0.4, -0.2) is 26.1 Å². The number of rotatable bonds is 4. The second-order valence-corrected chi connectivity index (χ2v) is 4.32. The van der Waals surface area contributed by atoms with Gasteiger partial charge in [0.1, 0.15) is 12.2 Å². The highest BCUT2D eigenvalue weighted by molar-refractivity contribution is 6.02. The molecule has 1 amide bonds. The summed E-state index contributed by atoms with van der Waals surface area (Å²) in [6.07, 6.45) is -0.291. The molecule has 0 atom stereocenters. The van der Waals surface area contributed by atoms with Crippen molar-refractivity contribution in [1.82, 2.24) is 0 Å². The topological polar surface area (TPSA) is 64.6 Å². The molecule has 1 rings (SSSR count). The summed E-state index contributed by atoms with van der Waals surface area (Å²) in [6.45, 7) is 5.70. The normalized spacial score (nSPS) is 9.95. The smallest absolute Gasteiger partial charge is 0.315 e. The van der Waals surface area contributed by atoms with Crippen molar-refractivity contribution in [3.05, 3.63) is 22.8 Å². The summed E-state index contributed by atoms with van der Waals surface area (Å²) in [7, 11) is 2.86. The van der Waals surface area contributed by atoms with Crippen LogP contribution in [0.2, 0.25) is 0 Å². The van der Waals surface area contributed by atoms with Gasteiger partial charge in [-0.25, -0.2) is 0 Å². The molecule has 0 saturated carbocycles. The van der Waals surface area contributed by atoms with Crippen LogP contribution in [0.3, 0.4) is 0 Å². The molecule has 0 radical (unpaired) electrons. The number of hydrogen-bond donors (Lipinski definition) is 1. The number of carbonyl (C=O) groups is 2. The maximum absolute atomic E-state index is 11.7. The van der Waals surface area contributed by atoms with Crippen molar-refractivity contribution in [2.75, 3.05) is 19.5 Å². The van der Waals surface area contributed by atoms with E-state index in [-0.39, 0.29) is 12.3 Å². The van der Waals surface area contributed by atoms with Crippen molar-refractivity contribution < 1.29 is 19.1 Å². The molecule has 104 valence electrons. The van der Waals surface area contributed by atoms with Crippen LogP contribution in [0, 0.1) is 20.8 Å². The Morgan fingerprint density at radius 2 is 1.79 bits per heavy atom. The Morgan fingerprint density at radius 3 is 2.32 bits per heavy atom. The third-order valence-electron chi connectivity index (χ3n) is 3.07. The summed E-state index contributed by atoms with van der Waals surface area (Å²) in [4.78, 5) is 22.8. The van der Waals surface area contributed by atoms with Gasteiger partial charge in [-0.1, -0.05) is 0 Å². The Morgan fingerprint density at radius 1 is 1.16 bits per heavy atom. The molecule has 0 saturated heterocycles. The van der Waals surface area contributed by atoms with Gasteiger partial charge in [-0.3, -0.25) is 9.59 Å². The van der Waals surface area contributed by atoms with Crippen LogP contribution >= 0.6 is 0 Å². The second-order valence-electron chi connectivity index (χ2n) is 4.32. The summed E-state index contributed by atoms with van der Waals surface area (Å²) < 4.78 is 9.72. The minimum atomic E-state index is -0.557. The largest absolute Gasteiger partial charge is 0.496 e. The fraction of sp³-hybridized carbons (Fsp3) is 0.429. The van der Waals surface area contributed by atoms with E-state index < -0.39 is 5.97 Å². The highest BCUT2D eigenvalue weighted by Crippen LogP contribution is 2.31. The lowest BCUT2D eigenvalue weighted by Gasteiger charge is -2.16. The number of nitrogens with one attached hydrogen (secondary N) is 1. The summed E-state index contributed by atoms with van der Waals surface area (Å²) in [6, 6.07) is 1.86. The van der Waals surface area contributed by atoms with Crippen molar-refractivity contribution >= 4 is 17.6 Å². The number of benzene rings is 1. The number of esters is 1. The number of aryl methyl sites for hydroxylation is 1. The summed E-state index contributed by atoms with van der Waals surface area (Å²) in [5.41, 5.74) is 3.49. The van der Waals surface area contributed by atoms with Gasteiger partial charge in [0.25, 0.3) is 0 Å². The molecule has 1 N–H and O–H groups in total. The van der Waals surface area contributed by atoms with Gasteiger partial charge in [-0.15, -0.1) is 0 Å². The molecule has 0 spiro atoms. The molecule has 0 heterocycles. The zero-order chi connectivity index (χ0) is 14.6. The first-order valence-corrected chi connectivity index (χ1v) is 5.92. The van der Waals surface area contributed by atoms with Crippen molar-refractivity contribution in [2.24, 2.45) is 0 Å². The van der Waals surface area contributed by atoms with Gasteiger partial charge in [0.05, 0.1) is 14.2 Å². The highest BCUT2D eigenvalue weighted by Gasteiger charge is 2.15. The maximum Gasteiger partial charge on any atom is 0.315 e. The minimum absolute atomic E-state index is 0.291. The number of ether oxygens (including phenoxy) is 2. The van der Waals surface area contributed by atoms with Gasteiger partial charge in [0.2, 0.25) is 5.91 Å². The molecule has 1 aromatic rings. The lowest BCUT2D eigenvalue weighted by Crippen LogP contribution is -2.18. The zero-order valence-corrected chi connectivity index (χ0v) is 11.9. The highest BCUT2D eigenvalue weighted by atomic mass is 16.5. The van der Waals surface area contributed by atoms with E-state index in [1.165, 1.54) is 7.11 Å². The Bertz CT molecular complexity index is 509. The third-order valence-corrected chi connectivity index (χ3v) is 3.07. The van der Waals surface area contributed by atoms with Crippen LogP contribution in [0.15, 0.2) is 6.07 Å². The van der Waals surface area contributed by atoms with E-state index in [0.717, 1.165) is 22.4 Å². The molecule has 0 aliphatic carbocycles. The van der Waals surface area contributed by atoms with Crippen LogP contribution in [-0.2, 0) is 14.3 Å². The van der Waals surface area contributed by atoms with Crippen molar-refractivity contribution in [3.63, 3.8) is 0 Å². The quantitative estimate of drug-likeness (QED) is 0.669. The summed E-state index contributed by atoms with van der Waals surface area (Å²) in [5, 5.41) is 2.74. The van der Waals surface area contributed by atoms with E-state index in [1.807, 2.05) is 26.8 Å². The molecule has 0 aliphatic rings. The molecule has 0 fully saturated rings. The molecular formula is C14H19NO4. The van der Waals surface area contributed by atoms with E-state index in [0.29, 0.717) is 5.69 Å². The molecule has 1 aromatic carbocycles. The van der Waals surface area contributed by atoms with E-state index in [9.17, 15) is 9.59 Å². The van der Waals surface area contributed by atoms with Crippen LogP contribution in [0.4, 0.5) is 5.69 Å². The molecule has 0 bridgehead atoms. The molecule has 0 aromatic heterocycles. The average Bonchev–Trinajstić information content (AvgIpc) is 2.38. The van der Waals surface area contributed by atoms with Crippen molar-refractivity contribution in [2.45, 2.75) is 27.2 Å². The predicted molar refractivity (Wildman–Crippen MR) is 72.5 cm³/mol. The van der Waals surface area contributed by atoms with Gasteiger partial charge in [0, 0.05) is 5.69 Å². The van der Waals surface area contributed by atoms with Crippen LogP contribution in [0.5, 0.6) is 5.75 Å². The SMILES string of the molecule is COC(=O)CC(=O)Nc1c(C)cc(OC)c(C)c1C. The van der Waals surface area contributed by atoms with Crippen LogP contribution < -0.4 is 10.1 Å². The Labute approximate surface area is 112 Å². The maximum atomic E-state index is 11.7. The second kappa shape index (κ2) is 6.22. The van der Waals surface area contributed by atoms with E-state index in [1.54, 1.807) is 7.11 Å². The number of hydrogen-bond acceptors (Lipinski definition) is 4. The van der Waals surface area contributed by atoms with E-state index in [2.05, 4.69) is 10.1 Å². The standard InChI is InChI=1S/C14H19NO4/c1-8-6-11(18-4)9(2)10(3)14(8)15-12(16)7-13(17)19-5/h6H,7H2,1-5H3,(H,15,16). The van der Waals surface area contributed by atoms with Crippen molar-refractivity contribution in [3.8, 4) is 5.75 Å². The first kappa shape index (κ1) is 15.0. The number of amides is 1. The fourth-order valence-corrected chi connectivity index (χ4v) is 1.84. The Hall–Kier alpha value is -2.04. The third kappa shape index (κ3) is 3.47. The molecule has 5 nitrogen and oxygen atoms in total. The van der Waals surface area contributed by atoms with Gasteiger partial charge >= 0.3 is 5.97 Å². The van der Waals surface area contributed by atoms with Crippen molar-refractivity contribution in [1.29, 1.82) is 0 Å². The van der Waals surface area contributed by atoms with Gasteiger partial charge in [-0.05, 0) is 43.5 Å². The Balaban J connectivity index is 2.99. The summed E-state index contributed by atoms with van der Waals surface area (Å²) in [5.74, 6) is -0.165. The van der Waals surface area contributed by atoms with Gasteiger partial charge in [0.15, 0.2) is 0 Å². The van der Waals surface area contributed by atoms with Gasteiger partial charge in [-0.2, -0.15) is 0 Å². The molecule has 5 heteroatoms. The predicted octanol–water partition coefficient (Wildman–Crippen LogP) is 2.12. The zero-order valence-electron chi connectivity index (χ0n) is 11.9. The minimum Gasteiger partial charge on any atom is -0.496 e. The lowest BCUT2D eigenvalue weighted by atomic mass is 10.0. The van der Waals surface area contributed by atoms with E-state index in [4.69, 9.17) is 4.74 Å². The monoisotopic (exact) mass is 265 g/mol. The van der Waals surface area contributed by atoms with Crippen LogP contribution in [0.1, 0.15) is 23.1 Å². The first-order valence-electron chi connectivity index (χ1n) is 5.92. The average molecular weight is 265 g/mol. The molecule has 19 heavy (non-hydrogen) atoms. The molecular weight excluding hydrogens is 246 g/mol. The van der Waals surface area contributed by atoms with Crippen LogP contribution in [0.25, 0.3) is 0 Å². The Kier molecular flexibility index (Phi) is 4.92. The fourth-order valence-electron chi connectivity index (χ4n) is 1.84. The number of carbonyl (C=O) groups excluding carboxylic acids is 2. The molecule has 0 unspecified atom stereocenters. The van der Waals surface area contributed by atoms with E-state index >= 15 is 0 Å².